The SMILES string of the molecule is CCC(CC)(C(Cc1cccc(Cl)c1F)NN)N(C)C. The molecular formula is C15H25ClFN3. The summed E-state index contributed by atoms with van der Waals surface area (Å²) in [6.45, 7) is 4.25. The van der Waals surface area contributed by atoms with Crippen molar-refractivity contribution in [2.75, 3.05) is 14.1 Å². The molecule has 0 radical (unpaired) electrons. The second-order valence-electron chi connectivity index (χ2n) is 5.34. The molecule has 0 saturated carbocycles. The number of hydrazine groups is 1. The van der Waals surface area contributed by atoms with Crippen molar-refractivity contribution in [3.63, 3.8) is 0 Å². The van der Waals surface area contributed by atoms with E-state index in [1.165, 1.54) is 0 Å². The zero-order valence-electron chi connectivity index (χ0n) is 12.7. The van der Waals surface area contributed by atoms with Crippen molar-refractivity contribution < 1.29 is 4.39 Å². The first-order valence-corrected chi connectivity index (χ1v) is 7.37. The highest BCUT2D eigenvalue weighted by Gasteiger charge is 2.37. The molecule has 0 spiro atoms. The van der Waals surface area contributed by atoms with Crippen LogP contribution < -0.4 is 11.3 Å². The highest BCUT2D eigenvalue weighted by atomic mass is 35.5. The van der Waals surface area contributed by atoms with Gasteiger partial charge in [0.15, 0.2) is 0 Å². The van der Waals surface area contributed by atoms with Gasteiger partial charge in [-0.2, -0.15) is 0 Å². The molecule has 1 rings (SSSR count). The Morgan fingerprint density at radius 2 is 1.95 bits per heavy atom. The predicted octanol–water partition coefficient (Wildman–Crippen LogP) is 2.97. The molecule has 1 aromatic rings. The maximum atomic E-state index is 14.1. The lowest BCUT2D eigenvalue weighted by Gasteiger charge is -2.45. The van der Waals surface area contributed by atoms with Crippen LogP contribution in [-0.2, 0) is 6.42 Å². The van der Waals surface area contributed by atoms with Gasteiger partial charge in [-0.05, 0) is 45.0 Å². The van der Waals surface area contributed by atoms with Crippen LogP contribution in [0.2, 0.25) is 5.02 Å². The maximum absolute atomic E-state index is 14.1. The minimum Gasteiger partial charge on any atom is -0.302 e. The first-order valence-electron chi connectivity index (χ1n) is 6.99. The minimum atomic E-state index is -0.353. The summed E-state index contributed by atoms with van der Waals surface area (Å²) in [6.07, 6.45) is 2.35. The lowest BCUT2D eigenvalue weighted by atomic mass is 9.80. The van der Waals surface area contributed by atoms with Crippen molar-refractivity contribution in [3.05, 3.63) is 34.6 Å². The van der Waals surface area contributed by atoms with Crippen molar-refractivity contribution in [1.82, 2.24) is 10.3 Å². The summed E-state index contributed by atoms with van der Waals surface area (Å²) in [5, 5.41) is 0.154. The molecule has 0 aliphatic carbocycles. The number of nitrogens with two attached hydrogens (primary N) is 1. The van der Waals surface area contributed by atoms with E-state index in [0.29, 0.717) is 12.0 Å². The van der Waals surface area contributed by atoms with Gasteiger partial charge < -0.3 is 4.90 Å². The van der Waals surface area contributed by atoms with E-state index in [9.17, 15) is 4.39 Å². The first kappa shape index (κ1) is 17.4. The van der Waals surface area contributed by atoms with Gasteiger partial charge in [-0.15, -0.1) is 0 Å². The summed E-state index contributed by atoms with van der Waals surface area (Å²) in [5.41, 5.74) is 3.34. The smallest absolute Gasteiger partial charge is 0.145 e. The average Bonchev–Trinajstić information content (AvgIpc) is 2.43. The Kier molecular flexibility index (Phi) is 6.40. The van der Waals surface area contributed by atoms with Crippen molar-refractivity contribution in [1.29, 1.82) is 0 Å². The Morgan fingerprint density at radius 3 is 2.40 bits per heavy atom. The fraction of sp³-hybridized carbons (Fsp3) is 0.600. The van der Waals surface area contributed by atoms with E-state index in [2.05, 4.69) is 24.2 Å². The van der Waals surface area contributed by atoms with Gasteiger partial charge in [0.2, 0.25) is 0 Å². The Bertz CT molecular complexity index is 433. The van der Waals surface area contributed by atoms with E-state index in [4.69, 9.17) is 17.4 Å². The molecule has 0 aromatic heterocycles. The maximum Gasteiger partial charge on any atom is 0.145 e. The number of halogens is 2. The average molecular weight is 302 g/mol. The van der Waals surface area contributed by atoms with Crippen molar-refractivity contribution >= 4 is 11.6 Å². The number of rotatable bonds is 7. The molecule has 0 aliphatic rings. The fourth-order valence-electron chi connectivity index (χ4n) is 3.02. The quantitative estimate of drug-likeness (QED) is 0.601. The largest absolute Gasteiger partial charge is 0.302 e. The monoisotopic (exact) mass is 301 g/mol. The predicted molar refractivity (Wildman–Crippen MR) is 83.2 cm³/mol. The Labute approximate surface area is 126 Å². The zero-order chi connectivity index (χ0) is 15.3. The van der Waals surface area contributed by atoms with Gasteiger partial charge in [0.1, 0.15) is 5.82 Å². The van der Waals surface area contributed by atoms with Gasteiger partial charge in [-0.1, -0.05) is 37.6 Å². The van der Waals surface area contributed by atoms with Crippen molar-refractivity contribution in [2.45, 2.75) is 44.7 Å². The van der Waals surface area contributed by atoms with E-state index < -0.39 is 0 Å². The van der Waals surface area contributed by atoms with Gasteiger partial charge in [0, 0.05) is 11.6 Å². The topological polar surface area (TPSA) is 41.3 Å². The van der Waals surface area contributed by atoms with Crippen molar-refractivity contribution in [2.24, 2.45) is 5.84 Å². The molecule has 0 fully saturated rings. The van der Waals surface area contributed by atoms with Crippen LogP contribution in [0.5, 0.6) is 0 Å². The van der Waals surface area contributed by atoms with Gasteiger partial charge >= 0.3 is 0 Å². The van der Waals surface area contributed by atoms with Crippen LogP contribution in [0.1, 0.15) is 32.3 Å². The number of nitrogens with zero attached hydrogens (tertiary/aromatic N) is 1. The van der Waals surface area contributed by atoms with Gasteiger partial charge in [-0.25, -0.2) is 4.39 Å². The second kappa shape index (κ2) is 7.36. The van der Waals surface area contributed by atoms with E-state index in [1.807, 2.05) is 14.1 Å². The molecule has 1 aromatic carbocycles. The van der Waals surface area contributed by atoms with Crippen LogP contribution in [0, 0.1) is 5.82 Å². The Morgan fingerprint density at radius 1 is 1.35 bits per heavy atom. The lowest BCUT2D eigenvalue weighted by Crippen LogP contribution is -2.61. The van der Waals surface area contributed by atoms with E-state index in [0.717, 1.165) is 12.8 Å². The van der Waals surface area contributed by atoms with Crippen molar-refractivity contribution in [3.8, 4) is 0 Å². The summed E-state index contributed by atoms with van der Waals surface area (Å²) in [6, 6.07) is 5.03. The second-order valence-corrected chi connectivity index (χ2v) is 5.75. The molecule has 0 heterocycles. The van der Waals surface area contributed by atoms with E-state index in [-0.39, 0.29) is 22.4 Å². The molecular weight excluding hydrogens is 277 g/mol. The number of hydrogen-bond acceptors (Lipinski definition) is 3. The summed E-state index contributed by atoms with van der Waals surface area (Å²) < 4.78 is 14.1. The number of hydrogen-bond donors (Lipinski definition) is 2. The first-order chi connectivity index (χ1) is 9.42. The summed E-state index contributed by atoms with van der Waals surface area (Å²) in [5.74, 6) is 5.40. The molecule has 0 bridgehead atoms. The third kappa shape index (κ3) is 3.31. The summed E-state index contributed by atoms with van der Waals surface area (Å²) in [7, 11) is 4.07. The minimum absolute atomic E-state index is 0.0551. The van der Waals surface area contributed by atoms with Crippen LogP contribution in [0.4, 0.5) is 4.39 Å². The molecule has 0 saturated heterocycles. The third-order valence-electron chi connectivity index (χ3n) is 4.42. The molecule has 0 amide bonds. The third-order valence-corrected chi connectivity index (χ3v) is 4.71. The van der Waals surface area contributed by atoms with Gasteiger partial charge in [0.25, 0.3) is 0 Å². The van der Waals surface area contributed by atoms with E-state index in [1.54, 1.807) is 18.2 Å². The lowest BCUT2D eigenvalue weighted by molar-refractivity contribution is 0.0878. The molecule has 3 N–H and O–H groups in total. The van der Waals surface area contributed by atoms with Crippen LogP contribution in [-0.4, -0.2) is 30.6 Å². The molecule has 3 nitrogen and oxygen atoms in total. The molecule has 5 heteroatoms. The molecule has 1 unspecified atom stereocenters. The van der Waals surface area contributed by atoms with Crippen LogP contribution in [0.3, 0.4) is 0 Å². The molecule has 0 aliphatic heterocycles. The summed E-state index contributed by atoms with van der Waals surface area (Å²) in [4.78, 5) is 2.17. The standard InChI is InChI=1S/C15H25ClFN3/c1-5-15(6-2,20(3)4)13(19-18)10-11-8-7-9-12(16)14(11)17/h7-9,13,19H,5-6,10,18H2,1-4H3. The van der Waals surface area contributed by atoms with E-state index >= 15 is 0 Å². The molecule has 114 valence electrons. The van der Waals surface area contributed by atoms with Gasteiger partial charge in [-0.3, -0.25) is 11.3 Å². The Balaban J connectivity index is 3.10. The van der Waals surface area contributed by atoms with Crippen LogP contribution >= 0.6 is 11.6 Å². The number of likely N-dealkylation sites (N-methyl/N-ethyl adjacent to an activating group) is 1. The summed E-state index contributed by atoms with van der Waals surface area (Å²) >= 11 is 5.85. The van der Waals surface area contributed by atoms with Gasteiger partial charge in [0.05, 0.1) is 5.02 Å². The highest BCUT2D eigenvalue weighted by Crippen LogP contribution is 2.29. The molecule has 20 heavy (non-hydrogen) atoms. The van der Waals surface area contributed by atoms with Crippen LogP contribution in [0.15, 0.2) is 18.2 Å². The Hall–Kier alpha value is -0.680. The zero-order valence-corrected chi connectivity index (χ0v) is 13.5. The molecule has 1 atom stereocenters. The highest BCUT2D eigenvalue weighted by molar-refractivity contribution is 6.30. The number of nitrogens with one attached hydrogen (secondary N) is 1. The number of benzene rings is 1. The fourth-order valence-corrected chi connectivity index (χ4v) is 3.21. The van der Waals surface area contributed by atoms with Crippen LogP contribution in [0.25, 0.3) is 0 Å². The normalized spacial score (nSPS) is 13.8.